The van der Waals surface area contributed by atoms with Gasteiger partial charge in [-0.15, -0.1) is 6.58 Å². The highest BCUT2D eigenvalue weighted by atomic mass is 16.4. The molecule has 1 heterocycles. The lowest BCUT2D eigenvalue weighted by atomic mass is 10.1. The highest BCUT2D eigenvalue weighted by Crippen LogP contribution is 2.19. The Labute approximate surface area is 118 Å². The summed E-state index contributed by atoms with van der Waals surface area (Å²) < 4.78 is 1.90. The fraction of sp³-hybridized carbons (Fsp3) is 0.500. The third-order valence-electron chi connectivity index (χ3n) is 3.01. The Morgan fingerprint density at radius 2 is 2.30 bits per heavy atom. The zero-order valence-electron chi connectivity index (χ0n) is 11.7. The van der Waals surface area contributed by atoms with Crippen LogP contribution < -0.4 is 0 Å². The maximum atomic E-state index is 12.2. The molecule has 0 radical (unpaired) electrons. The van der Waals surface area contributed by atoms with Crippen molar-refractivity contribution in [3.63, 3.8) is 0 Å². The molecule has 110 valence electrons. The second kappa shape index (κ2) is 8.14. The Bertz CT molecular complexity index is 443. The van der Waals surface area contributed by atoms with E-state index in [1.165, 1.54) is 11.0 Å². The third-order valence-corrected chi connectivity index (χ3v) is 3.01. The summed E-state index contributed by atoms with van der Waals surface area (Å²) in [6.07, 6.45) is 8.77. The number of carbonyl (C=O) groups is 2. The van der Waals surface area contributed by atoms with Crippen LogP contribution in [0.25, 0.3) is 0 Å². The number of nitrogens with zero attached hydrogens (tertiary/aromatic N) is 3. The first-order valence-electron chi connectivity index (χ1n) is 6.66. The Kier molecular flexibility index (Phi) is 6.49. The van der Waals surface area contributed by atoms with Crippen LogP contribution in [-0.4, -0.2) is 44.5 Å². The summed E-state index contributed by atoms with van der Waals surface area (Å²) in [6.45, 7) is 5.55. The minimum Gasteiger partial charge on any atom is -0.480 e. The average Bonchev–Trinajstić information content (AvgIpc) is 2.91. The second-order valence-electron chi connectivity index (χ2n) is 4.61. The predicted octanol–water partition coefficient (Wildman–Crippen LogP) is 1.71. The zero-order valence-corrected chi connectivity index (χ0v) is 11.7. The topological polar surface area (TPSA) is 75.4 Å². The van der Waals surface area contributed by atoms with Gasteiger partial charge in [-0.25, -0.2) is 4.98 Å². The van der Waals surface area contributed by atoms with E-state index < -0.39 is 5.97 Å². The van der Waals surface area contributed by atoms with Crippen LogP contribution in [0.3, 0.4) is 0 Å². The van der Waals surface area contributed by atoms with E-state index >= 15 is 0 Å². The molecule has 6 heteroatoms. The SMILES string of the molecule is C=CCN(CC(=O)O)C(=O)CC(CCC)n1ccnc1. The van der Waals surface area contributed by atoms with Crippen molar-refractivity contribution < 1.29 is 14.7 Å². The monoisotopic (exact) mass is 279 g/mol. The normalized spacial score (nSPS) is 11.8. The van der Waals surface area contributed by atoms with Crippen molar-refractivity contribution in [2.24, 2.45) is 0 Å². The van der Waals surface area contributed by atoms with Crippen LogP contribution in [0.2, 0.25) is 0 Å². The largest absolute Gasteiger partial charge is 0.480 e. The minimum atomic E-state index is -1.02. The molecule has 1 N–H and O–H groups in total. The van der Waals surface area contributed by atoms with Crippen molar-refractivity contribution in [2.45, 2.75) is 32.2 Å². The van der Waals surface area contributed by atoms with Gasteiger partial charge in [0.1, 0.15) is 6.54 Å². The highest BCUT2D eigenvalue weighted by molar-refractivity contribution is 5.81. The lowest BCUT2D eigenvalue weighted by molar-refractivity contribution is -0.144. The third kappa shape index (κ3) is 4.87. The van der Waals surface area contributed by atoms with Gasteiger partial charge in [-0.05, 0) is 6.42 Å². The van der Waals surface area contributed by atoms with Crippen molar-refractivity contribution in [3.05, 3.63) is 31.4 Å². The molecule has 0 aliphatic rings. The van der Waals surface area contributed by atoms with E-state index in [1.54, 1.807) is 12.5 Å². The molecular formula is C14H21N3O3. The van der Waals surface area contributed by atoms with Crippen molar-refractivity contribution in [1.82, 2.24) is 14.5 Å². The van der Waals surface area contributed by atoms with Gasteiger partial charge in [-0.3, -0.25) is 9.59 Å². The van der Waals surface area contributed by atoms with Crippen LogP contribution in [0, 0.1) is 0 Å². The fourth-order valence-electron chi connectivity index (χ4n) is 2.08. The van der Waals surface area contributed by atoms with Gasteiger partial charge in [0.15, 0.2) is 0 Å². The molecule has 20 heavy (non-hydrogen) atoms. The molecule has 1 atom stereocenters. The average molecular weight is 279 g/mol. The van der Waals surface area contributed by atoms with Gasteiger partial charge >= 0.3 is 5.97 Å². The van der Waals surface area contributed by atoms with Gasteiger partial charge in [-0.1, -0.05) is 19.4 Å². The zero-order chi connectivity index (χ0) is 15.0. The molecule has 1 amide bonds. The number of carboxylic acid groups (broad SMARTS) is 1. The van der Waals surface area contributed by atoms with E-state index in [4.69, 9.17) is 5.11 Å². The van der Waals surface area contributed by atoms with Crippen LogP contribution in [0.5, 0.6) is 0 Å². The molecule has 0 fully saturated rings. The number of hydrogen-bond acceptors (Lipinski definition) is 3. The first-order valence-corrected chi connectivity index (χ1v) is 6.66. The Hall–Kier alpha value is -2.11. The van der Waals surface area contributed by atoms with E-state index in [-0.39, 0.29) is 31.5 Å². The second-order valence-corrected chi connectivity index (χ2v) is 4.61. The molecule has 6 nitrogen and oxygen atoms in total. The molecule has 0 saturated carbocycles. The molecule has 0 spiro atoms. The highest BCUT2D eigenvalue weighted by Gasteiger charge is 2.20. The maximum absolute atomic E-state index is 12.2. The molecule has 1 aromatic heterocycles. The Balaban J connectivity index is 2.72. The van der Waals surface area contributed by atoms with E-state index in [0.29, 0.717) is 0 Å². The molecule has 0 bridgehead atoms. The molecule has 0 aliphatic carbocycles. The van der Waals surface area contributed by atoms with Crippen molar-refractivity contribution in [1.29, 1.82) is 0 Å². The van der Waals surface area contributed by atoms with Gasteiger partial charge in [0.25, 0.3) is 0 Å². The summed E-state index contributed by atoms with van der Waals surface area (Å²) in [4.78, 5) is 28.3. The van der Waals surface area contributed by atoms with E-state index in [0.717, 1.165) is 12.8 Å². The van der Waals surface area contributed by atoms with Crippen molar-refractivity contribution in [2.75, 3.05) is 13.1 Å². The number of carboxylic acids is 1. The maximum Gasteiger partial charge on any atom is 0.323 e. The van der Waals surface area contributed by atoms with Crippen LogP contribution in [-0.2, 0) is 9.59 Å². The van der Waals surface area contributed by atoms with Crippen LogP contribution in [0.1, 0.15) is 32.2 Å². The molecule has 1 rings (SSSR count). The lowest BCUT2D eigenvalue weighted by Gasteiger charge is -2.23. The summed E-state index contributed by atoms with van der Waals surface area (Å²) >= 11 is 0. The predicted molar refractivity (Wildman–Crippen MR) is 75.2 cm³/mol. The van der Waals surface area contributed by atoms with Gasteiger partial charge in [0.2, 0.25) is 5.91 Å². The number of amides is 1. The first kappa shape index (κ1) is 15.9. The first-order chi connectivity index (χ1) is 9.58. The van der Waals surface area contributed by atoms with Crippen LogP contribution in [0.15, 0.2) is 31.4 Å². The molecule has 0 aliphatic heterocycles. The number of imidazole rings is 1. The van der Waals surface area contributed by atoms with Gasteiger partial charge in [-0.2, -0.15) is 0 Å². The van der Waals surface area contributed by atoms with Gasteiger partial charge in [0.05, 0.1) is 6.33 Å². The molecule has 1 unspecified atom stereocenters. The number of carbonyl (C=O) groups excluding carboxylic acids is 1. The Morgan fingerprint density at radius 1 is 1.55 bits per heavy atom. The van der Waals surface area contributed by atoms with E-state index in [9.17, 15) is 9.59 Å². The minimum absolute atomic E-state index is 0.0103. The van der Waals surface area contributed by atoms with Crippen molar-refractivity contribution >= 4 is 11.9 Å². The molecular weight excluding hydrogens is 258 g/mol. The van der Waals surface area contributed by atoms with Gasteiger partial charge in [0, 0.05) is 31.4 Å². The van der Waals surface area contributed by atoms with E-state index in [1.807, 2.05) is 17.7 Å². The standard InChI is InChI=1S/C14H21N3O3/c1-3-5-12(17-8-6-15-11-17)9-13(18)16(7-4-2)10-14(19)20/h4,6,8,11-12H,2-3,5,7,9-10H2,1H3,(H,19,20). The smallest absolute Gasteiger partial charge is 0.323 e. The molecule has 0 saturated heterocycles. The van der Waals surface area contributed by atoms with Crippen molar-refractivity contribution in [3.8, 4) is 0 Å². The fourth-order valence-corrected chi connectivity index (χ4v) is 2.08. The van der Waals surface area contributed by atoms with Gasteiger partial charge < -0.3 is 14.6 Å². The summed E-state index contributed by atoms with van der Waals surface area (Å²) in [7, 11) is 0. The number of aliphatic carboxylic acids is 1. The van der Waals surface area contributed by atoms with Crippen LogP contribution >= 0.6 is 0 Å². The molecule has 1 aromatic rings. The number of hydrogen-bond donors (Lipinski definition) is 1. The van der Waals surface area contributed by atoms with Crippen LogP contribution in [0.4, 0.5) is 0 Å². The summed E-state index contributed by atoms with van der Waals surface area (Å²) in [5, 5.41) is 8.84. The Morgan fingerprint density at radius 3 is 2.80 bits per heavy atom. The lowest BCUT2D eigenvalue weighted by Crippen LogP contribution is -2.37. The summed E-state index contributed by atoms with van der Waals surface area (Å²) in [5.41, 5.74) is 0. The quantitative estimate of drug-likeness (QED) is 0.698. The van der Waals surface area contributed by atoms with E-state index in [2.05, 4.69) is 11.6 Å². The molecule has 0 aromatic carbocycles. The summed E-state index contributed by atoms with van der Waals surface area (Å²) in [6, 6.07) is 0.0103. The summed E-state index contributed by atoms with van der Waals surface area (Å²) in [5.74, 6) is -1.20. The number of aromatic nitrogens is 2. The number of rotatable bonds is 9.